The van der Waals surface area contributed by atoms with Crippen molar-refractivity contribution in [3.63, 3.8) is 0 Å². The van der Waals surface area contributed by atoms with E-state index >= 15 is 0 Å². The second-order valence-corrected chi connectivity index (χ2v) is 5.65. The van der Waals surface area contributed by atoms with Gasteiger partial charge in [-0.15, -0.1) is 0 Å². The van der Waals surface area contributed by atoms with Gasteiger partial charge in [0.1, 0.15) is 11.8 Å². The molecule has 1 aromatic rings. The zero-order valence-corrected chi connectivity index (χ0v) is 12.0. The van der Waals surface area contributed by atoms with E-state index in [0.717, 1.165) is 6.42 Å². The Kier molecular flexibility index (Phi) is 4.77. The zero-order valence-electron chi connectivity index (χ0n) is 12.0. The summed E-state index contributed by atoms with van der Waals surface area (Å²) in [6.45, 7) is 5.36. The smallest absolute Gasteiger partial charge is 0.256 e. The van der Waals surface area contributed by atoms with Crippen LogP contribution in [-0.2, 0) is 4.74 Å². The number of carbonyl (C=O) groups is 1. The number of nitrogens with one attached hydrogen (secondary N) is 1. The van der Waals surface area contributed by atoms with E-state index in [9.17, 15) is 9.90 Å². The summed E-state index contributed by atoms with van der Waals surface area (Å²) in [6, 6.07) is 0. The van der Waals surface area contributed by atoms with Crippen molar-refractivity contribution in [3.8, 4) is 0 Å². The number of hydrogen-bond donors (Lipinski definition) is 2. The summed E-state index contributed by atoms with van der Waals surface area (Å²) >= 11 is 0. The molecule has 6 nitrogen and oxygen atoms in total. The van der Waals surface area contributed by atoms with Crippen LogP contribution in [0.3, 0.4) is 0 Å². The summed E-state index contributed by atoms with van der Waals surface area (Å²) < 4.78 is 10.1. The first-order chi connectivity index (χ1) is 9.52. The van der Waals surface area contributed by atoms with Gasteiger partial charge in [0.2, 0.25) is 0 Å². The molecule has 0 aliphatic carbocycles. The van der Waals surface area contributed by atoms with Crippen molar-refractivity contribution in [1.82, 2.24) is 10.5 Å². The van der Waals surface area contributed by atoms with Gasteiger partial charge in [0, 0.05) is 13.2 Å². The fraction of sp³-hybridized carbons (Fsp3) is 0.714. The molecule has 0 radical (unpaired) electrons. The minimum absolute atomic E-state index is 0.130. The Morgan fingerprint density at radius 3 is 3.05 bits per heavy atom. The first kappa shape index (κ1) is 15.0. The number of rotatable bonds is 5. The quantitative estimate of drug-likeness (QED) is 0.854. The van der Waals surface area contributed by atoms with Crippen LogP contribution < -0.4 is 5.32 Å². The number of hydrogen-bond acceptors (Lipinski definition) is 5. The van der Waals surface area contributed by atoms with Crippen LogP contribution >= 0.6 is 0 Å². The number of ether oxygens (including phenoxy) is 1. The molecule has 0 spiro atoms. The van der Waals surface area contributed by atoms with Crippen LogP contribution in [0.25, 0.3) is 0 Å². The maximum absolute atomic E-state index is 12.1. The molecule has 2 heterocycles. The highest BCUT2D eigenvalue weighted by Gasteiger charge is 2.29. The van der Waals surface area contributed by atoms with E-state index in [2.05, 4.69) is 10.5 Å². The number of aromatic nitrogens is 1. The van der Waals surface area contributed by atoms with E-state index in [1.807, 2.05) is 13.8 Å². The minimum atomic E-state index is -0.818. The predicted octanol–water partition coefficient (Wildman–Crippen LogP) is 1.46. The first-order valence-corrected chi connectivity index (χ1v) is 7.04. The van der Waals surface area contributed by atoms with E-state index in [1.165, 1.54) is 6.26 Å². The van der Waals surface area contributed by atoms with Gasteiger partial charge in [0.05, 0.1) is 17.9 Å². The fourth-order valence-corrected chi connectivity index (χ4v) is 2.37. The predicted molar refractivity (Wildman–Crippen MR) is 72.5 cm³/mol. The molecule has 1 saturated heterocycles. The number of aliphatic hydroxyl groups is 1. The maximum Gasteiger partial charge on any atom is 0.256 e. The lowest BCUT2D eigenvalue weighted by atomic mass is 9.93. The second kappa shape index (κ2) is 6.37. The third kappa shape index (κ3) is 3.58. The van der Waals surface area contributed by atoms with Crippen LogP contribution in [0.1, 0.15) is 55.1 Å². The van der Waals surface area contributed by atoms with E-state index in [-0.39, 0.29) is 11.8 Å². The molecule has 0 saturated carbocycles. The molecule has 1 unspecified atom stereocenters. The van der Waals surface area contributed by atoms with Crippen molar-refractivity contribution in [1.29, 1.82) is 0 Å². The monoisotopic (exact) mass is 282 g/mol. The van der Waals surface area contributed by atoms with E-state index in [1.54, 1.807) is 0 Å². The lowest BCUT2D eigenvalue weighted by molar-refractivity contribution is -0.0887. The van der Waals surface area contributed by atoms with Gasteiger partial charge in [-0.1, -0.05) is 19.0 Å². The molecule has 1 aliphatic heterocycles. The van der Waals surface area contributed by atoms with Crippen molar-refractivity contribution in [2.24, 2.45) is 0 Å². The Morgan fingerprint density at radius 2 is 2.40 bits per heavy atom. The summed E-state index contributed by atoms with van der Waals surface area (Å²) in [5.74, 6) is -0.0827. The van der Waals surface area contributed by atoms with Crippen molar-refractivity contribution in [2.75, 3.05) is 19.8 Å². The summed E-state index contributed by atoms with van der Waals surface area (Å²) in [7, 11) is 0. The Labute approximate surface area is 118 Å². The Hall–Kier alpha value is -1.40. The van der Waals surface area contributed by atoms with Crippen LogP contribution in [0.4, 0.5) is 0 Å². The van der Waals surface area contributed by atoms with Crippen LogP contribution in [0, 0.1) is 0 Å². The highest BCUT2D eigenvalue weighted by Crippen LogP contribution is 2.22. The topological polar surface area (TPSA) is 84.6 Å². The van der Waals surface area contributed by atoms with Crippen LogP contribution in [0.5, 0.6) is 0 Å². The molecule has 2 N–H and O–H groups in total. The Balaban J connectivity index is 1.84. The van der Waals surface area contributed by atoms with Gasteiger partial charge in [-0.3, -0.25) is 4.79 Å². The van der Waals surface area contributed by atoms with Gasteiger partial charge in [-0.25, -0.2) is 0 Å². The molecule has 6 heteroatoms. The number of amides is 1. The maximum atomic E-state index is 12.1. The lowest BCUT2D eigenvalue weighted by Crippen LogP contribution is -2.41. The van der Waals surface area contributed by atoms with Crippen LogP contribution in [0.2, 0.25) is 0 Å². The fourth-order valence-electron chi connectivity index (χ4n) is 2.37. The molecule has 2 rings (SSSR count). The van der Waals surface area contributed by atoms with E-state index < -0.39 is 5.60 Å². The van der Waals surface area contributed by atoms with Gasteiger partial charge in [0.15, 0.2) is 0 Å². The molecule has 0 bridgehead atoms. The average molecular weight is 282 g/mol. The first-order valence-electron chi connectivity index (χ1n) is 7.04. The van der Waals surface area contributed by atoms with Crippen molar-refractivity contribution < 1.29 is 19.2 Å². The molecule has 0 aromatic carbocycles. The molecule has 1 amide bonds. The molecular weight excluding hydrogens is 260 g/mol. The standard InChI is InChI=1S/C14H22N2O4/c1-10(2)12-11(8-20-16-12)13(17)15-6-5-14(18)4-3-7-19-9-14/h8,10,18H,3-7,9H2,1-2H3,(H,15,17). The van der Waals surface area contributed by atoms with Gasteiger partial charge < -0.3 is 19.7 Å². The molecule has 1 aliphatic rings. The number of nitrogens with zero attached hydrogens (tertiary/aromatic N) is 1. The van der Waals surface area contributed by atoms with Crippen molar-refractivity contribution in [2.45, 2.75) is 44.6 Å². The molecule has 1 fully saturated rings. The van der Waals surface area contributed by atoms with Crippen LogP contribution in [-0.4, -0.2) is 41.5 Å². The Morgan fingerprint density at radius 1 is 1.60 bits per heavy atom. The molecule has 20 heavy (non-hydrogen) atoms. The highest BCUT2D eigenvalue weighted by atomic mass is 16.5. The third-order valence-electron chi connectivity index (χ3n) is 3.57. The minimum Gasteiger partial charge on any atom is -0.387 e. The average Bonchev–Trinajstić information content (AvgIpc) is 2.88. The van der Waals surface area contributed by atoms with Crippen molar-refractivity contribution in [3.05, 3.63) is 17.5 Å². The van der Waals surface area contributed by atoms with Gasteiger partial charge >= 0.3 is 0 Å². The summed E-state index contributed by atoms with van der Waals surface area (Å²) in [5.41, 5.74) is 0.301. The SMILES string of the molecule is CC(C)c1nocc1C(=O)NCCC1(O)CCCOC1. The molecule has 1 atom stereocenters. The van der Waals surface area contributed by atoms with Gasteiger partial charge in [-0.05, 0) is 25.2 Å². The summed E-state index contributed by atoms with van der Waals surface area (Å²) in [5, 5.41) is 16.9. The zero-order chi connectivity index (χ0) is 14.6. The van der Waals surface area contributed by atoms with Gasteiger partial charge in [-0.2, -0.15) is 0 Å². The second-order valence-electron chi connectivity index (χ2n) is 5.65. The molecule has 1 aromatic heterocycles. The summed E-state index contributed by atoms with van der Waals surface area (Å²) in [6.07, 6.45) is 3.42. The van der Waals surface area contributed by atoms with Gasteiger partial charge in [0.25, 0.3) is 5.91 Å². The number of carbonyl (C=O) groups excluding carboxylic acids is 1. The molecular formula is C14H22N2O4. The van der Waals surface area contributed by atoms with E-state index in [4.69, 9.17) is 9.26 Å². The lowest BCUT2D eigenvalue weighted by Gasteiger charge is -2.31. The molecule has 112 valence electrons. The largest absolute Gasteiger partial charge is 0.387 e. The highest BCUT2D eigenvalue weighted by molar-refractivity contribution is 5.95. The Bertz CT molecular complexity index is 450. The summed E-state index contributed by atoms with van der Waals surface area (Å²) in [4.78, 5) is 12.1. The van der Waals surface area contributed by atoms with E-state index in [0.29, 0.717) is 43.9 Å². The normalized spacial score (nSPS) is 23.0. The van der Waals surface area contributed by atoms with Crippen LogP contribution in [0.15, 0.2) is 10.8 Å². The van der Waals surface area contributed by atoms with Crippen molar-refractivity contribution >= 4 is 5.91 Å². The third-order valence-corrected chi connectivity index (χ3v) is 3.57.